The first-order valence-electron chi connectivity index (χ1n) is 6.76. The Balaban J connectivity index is 1.57. The molecule has 2 heterocycles. The standard InChI is InChI=1S/C15H19N3O/c19-15(12-18-8-3-7-16-18)11-17-9-6-13-4-1-2-5-14(13)10-17/h1-5,7-8,15,19H,6,9-12H2/t15-/m0/s1. The fourth-order valence-electron chi connectivity index (χ4n) is 2.69. The highest BCUT2D eigenvalue weighted by molar-refractivity contribution is 5.29. The van der Waals surface area contributed by atoms with Crippen LogP contribution < -0.4 is 0 Å². The van der Waals surface area contributed by atoms with E-state index >= 15 is 0 Å². The van der Waals surface area contributed by atoms with Crippen molar-refractivity contribution in [3.8, 4) is 0 Å². The van der Waals surface area contributed by atoms with Gasteiger partial charge in [-0.3, -0.25) is 9.58 Å². The summed E-state index contributed by atoms with van der Waals surface area (Å²) in [6.07, 6.45) is 4.33. The SMILES string of the molecule is O[C@@H](CN1CCc2ccccc2C1)Cn1cccn1. The molecule has 0 radical (unpaired) electrons. The minimum Gasteiger partial charge on any atom is -0.390 e. The summed E-state index contributed by atoms with van der Waals surface area (Å²) in [6, 6.07) is 10.4. The minimum atomic E-state index is -0.370. The van der Waals surface area contributed by atoms with Crippen LogP contribution in [0.1, 0.15) is 11.1 Å². The lowest BCUT2D eigenvalue weighted by atomic mass is 10.00. The van der Waals surface area contributed by atoms with Crippen molar-refractivity contribution >= 4 is 0 Å². The van der Waals surface area contributed by atoms with Gasteiger partial charge in [0.25, 0.3) is 0 Å². The lowest BCUT2D eigenvalue weighted by Gasteiger charge is -2.30. The third-order valence-electron chi connectivity index (χ3n) is 3.64. The highest BCUT2D eigenvalue weighted by Crippen LogP contribution is 2.18. The fraction of sp³-hybridized carbons (Fsp3) is 0.400. The van der Waals surface area contributed by atoms with Gasteiger partial charge in [-0.1, -0.05) is 24.3 Å². The summed E-state index contributed by atoms with van der Waals surface area (Å²) in [7, 11) is 0. The normalized spacial score (nSPS) is 17.1. The zero-order valence-electron chi connectivity index (χ0n) is 10.9. The van der Waals surface area contributed by atoms with Gasteiger partial charge in [-0.25, -0.2) is 0 Å². The first-order chi connectivity index (χ1) is 9.31. The van der Waals surface area contributed by atoms with E-state index in [2.05, 4.69) is 34.3 Å². The van der Waals surface area contributed by atoms with Crippen LogP contribution in [0.15, 0.2) is 42.7 Å². The van der Waals surface area contributed by atoms with E-state index in [1.165, 1.54) is 11.1 Å². The van der Waals surface area contributed by atoms with Gasteiger partial charge >= 0.3 is 0 Å². The summed E-state index contributed by atoms with van der Waals surface area (Å²) in [5.41, 5.74) is 2.83. The number of benzene rings is 1. The smallest absolute Gasteiger partial charge is 0.0862 e. The number of hydrogen-bond donors (Lipinski definition) is 1. The zero-order chi connectivity index (χ0) is 13.1. The summed E-state index contributed by atoms with van der Waals surface area (Å²) in [4.78, 5) is 2.32. The number of aliphatic hydroxyl groups excluding tert-OH is 1. The molecule has 1 aliphatic heterocycles. The maximum atomic E-state index is 10.1. The first-order valence-corrected chi connectivity index (χ1v) is 6.76. The number of nitrogens with zero attached hydrogens (tertiary/aromatic N) is 3. The fourth-order valence-corrected chi connectivity index (χ4v) is 2.69. The van der Waals surface area contributed by atoms with Crippen molar-refractivity contribution in [2.24, 2.45) is 0 Å². The molecule has 0 aliphatic carbocycles. The van der Waals surface area contributed by atoms with Crippen LogP contribution in [-0.2, 0) is 19.5 Å². The summed E-state index contributed by atoms with van der Waals surface area (Å²) in [5.74, 6) is 0. The number of fused-ring (bicyclic) bond motifs is 1. The molecule has 0 saturated carbocycles. The molecule has 1 aromatic heterocycles. The van der Waals surface area contributed by atoms with Crippen LogP contribution in [0.4, 0.5) is 0 Å². The molecule has 0 spiro atoms. The van der Waals surface area contributed by atoms with Gasteiger partial charge in [0.05, 0.1) is 12.6 Å². The van der Waals surface area contributed by atoms with Crippen LogP contribution in [0, 0.1) is 0 Å². The predicted molar refractivity (Wildman–Crippen MR) is 73.7 cm³/mol. The second-order valence-electron chi connectivity index (χ2n) is 5.14. The Hall–Kier alpha value is -1.65. The van der Waals surface area contributed by atoms with Crippen LogP contribution in [0.2, 0.25) is 0 Å². The Morgan fingerprint density at radius 3 is 2.79 bits per heavy atom. The molecule has 0 saturated heterocycles. The van der Waals surface area contributed by atoms with Crippen molar-refractivity contribution in [3.63, 3.8) is 0 Å². The van der Waals surface area contributed by atoms with Crippen molar-refractivity contribution in [2.45, 2.75) is 25.6 Å². The molecule has 1 aliphatic rings. The van der Waals surface area contributed by atoms with Crippen molar-refractivity contribution in [3.05, 3.63) is 53.9 Å². The van der Waals surface area contributed by atoms with E-state index < -0.39 is 0 Å². The zero-order valence-corrected chi connectivity index (χ0v) is 10.9. The molecule has 0 fully saturated rings. The van der Waals surface area contributed by atoms with E-state index in [1.54, 1.807) is 10.9 Å². The third-order valence-corrected chi connectivity index (χ3v) is 3.64. The molecule has 19 heavy (non-hydrogen) atoms. The Morgan fingerprint density at radius 2 is 2.00 bits per heavy atom. The van der Waals surface area contributed by atoms with E-state index in [1.807, 2.05) is 12.3 Å². The van der Waals surface area contributed by atoms with E-state index in [-0.39, 0.29) is 6.10 Å². The predicted octanol–water partition coefficient (Wildman–Crippen LogP) is 1.30. The van der Waals surface area contributed by atoms with Crippen molar-refractivity contribution in [1.29, 1.82) is 0 Å². The molecule has 0 unspecified atom stereocenters. The Labute approximate surface area is 113 Å². The second kappa shape index (κ2) is 5.55. The largest absolute Gasteiger partial charge is 0.390 e. The third kappa shape index (κ3) is 3.03. The lowest BCUT2D eigenvalue weighted by molar-refractivity contribution is 0.0889. The van der Waals surface area contributed by atoms with Gasteiger partial charge in [0.2, 0.25) is 0 Å². The number of β-amino-alcohol motifs (C(OH)–C–C–N with tert-alkyl or cyclic N) is 1. The van der Waals surface area contributed by atoms with Crippen molar-refractivity contribution in [2.75, 3.05) is 13.1 Å². The molecule has 100 valence electrons. The number of aromatic nitrogens is 2. The maximum absolute atomic E-state index is 10.1. The van der Waals surface area contributed by atoms with Crippen molar-refractivity contribution in [1.82, 2.24) is 14.7 Å². The molecule has 4 nitrogen and oxygen atoms in total. The van der Waals surface area contributed by atoms with Crippen LogP contribution in [-0.4, -0.2) is 39.0 Å². The highest BCUT2D eigenvalue weighted by atomic mass is 16.3. The molecule has 2 aromatic rings. The van der Waals surface area contributed by atoms with E-state index in [4.69, 9.17) is 0 Å². The molecular weight excluding hydrogens is 238 g/mol. The van der Waals surface area contributed by atoms with Crippen LogP contribution in [0.3, 0.4) is 0 Å². The van der Waals surface area contributed by atoms with Gasteiger partial charge in [-0.15, -0.1) is 0 Å². The maximum Gasteiger partial charge on any atom is 0.0862 e. The Bertz CT molecular complexity index is 524. The van der Waals surface area contributed by atoms with Crippen LogP contribution in [0.5, 0.6) is 0 Å². The van der Waals surface area contributed by atoms with Crippen LogP contribution >= 0.6 is 0 Å². The molecule has 3 rings (SSSR count). The van der Waals surface area contributed by atoms with E-state index in [0.29, 0.717) is 13.1 Å². The summed E-state index contributed by atoms with van der Waals surface area (Å²) in [6.45, 7) is 3.22. The van der Waals surface area contributed by atoms with Crippen molar-refractivity contribution < 1.29 is 5.11 Å². The van der Waals surface area contributed by atoms with Gasteiger partial charge in [-0.2, -0.15) is 5.10 Å². The summed E-state index contributed by atoms with van der Waals surface area (Å²) in [5, 5.41) is 14.2. The molecule has 1 aromatic carbocycles. The monoisotopic (exact) mass is 257 g/mol. The molecule has 1 N–H and O–H groups in total. The van der Waals surface area contributed by atoms with Gasteiger partial charge < -0.3 is 5.11 Å². The number of hydrogen-bond acceptors (Lipinski definition) is 3. The summed E-state index contributed by atoms with van der Waals surface area (Å²) >= 11 is 0. The molecule has 1 atom stereocenters. The quantitative estimate of drug-likeness (QED) is 0.897. The topological polar surface area (TPSA) is 41.3 Å². The molecule has 0 amide bonds. The molecule has 0 bridgehead atoms. The van der Waals surface area contributed by atoms with E-state index in [0.717, 1.165) is 19.5 Å². The first kappa shape index (κ1) is 12.4. The minimum absolute atomic E-state index is 0.370. The Kier molecular flexibility index (Phi) is 3.62. The molecular formula is C15H19N3O. The van der Waals surface area contributed by atoms with Gasteiger partial charge in [0, 0.05) is 32.0 Å². The lowest BCUT2D eigenvalue weighted by Crippen LogP contribution is -2.38. The highest BCUT2D eigenvalue weighted by Gasteiger charge is 2.18. The number of aliphatic hydroxyl groups is 1. The van der Waals surface area contributed by atoms with Gasteiger partial charge in [0.1, 0.15) is 0 Å². The Morgan fingerprint density at radius 1 is 1.16 bits per heavy atom. The molecule has 4 heteroatoms. The van der Waals surface area contributed by atoms with Gasteiger partial charge in [0.15, 0.2) is 0 Å². The van der Waals surface area contributed by atoms with Crippen LogP contribution in [0.25, 0.3) is 0 Å². The summed E-state index contributed by atoms with van der Waals surface area (Å²) < 4.78 is 1.78. The number of rotatable bonds is 4. The average molecular weight is 257 g/mol. The second-order valence-corrected chi connectivity index (χ2v) is 5.14. The van der Waals surface area contributed by atoms with Gasteiger partial charge in [-0.05, 0) is 23.6 Å². The average Bonchev–Trinajstić information content (AvgIpc) is 2.91. The van der Waals surface area contributed by atoms with E-state index in [9.17, 15) is 5.11 Å².